The summed E-state index contributed by atoms with van der Waals surface area (Å²) in [6.45, 7) is 7.10. The Balaban J connectivity index is 1.93. The lowest BCUT2D eigenvalue weighted by atomic mass is 9.85. The summed E-state index contributed by atoms with van der Waals surface area (Å²) in [4.78, 5) is 14.5. The van der Waals surface area contributed by atoms with Gasteiger partial charge in [-0.15, -0.1) is 0 Å². The van der Waals surface area contributed by atoms with Gasteiger partial charge in [-0.25, -0.2) is 0 Å². The zero-order chi connectivity index (χ0) is 15.5. The van der Waals surface area contributed by atoms with Crippen LogP contribution < -0.4 is 5.73 Å². The molecule has 4 atom stereocenters. The summed E-state index contributed by atoms with van der Waals surface area (Å²) in [7, 11) is 1.43. The second-order valence-corrected chi connectivity index (χ2v) is 6.61. The number of carbonyl (C=O) groups excluding carboxylic acids is 1. The first-order valence-electron chi connectivity index (χ1n) is 8.24. The predicted molar refractivity (Wildman–Crippen MR) is 82.0 cm³/mol. The van der Waals surface area contributed by atoms with E-state index in [1.54, 1.807) is 0 Å². The third kappa shape index (κ3) is 3.58. The monoisotopic (exact) mass is 298 g/mol. The number of carbonyl (C=O) groups is 1. The third-order valence-electron chi connectivity index (χ3n) is 5.25. The quantitative estimate of drug-likeness (QED) is 0.780. The van der Waals surface area contributed by atoms with Gasteiger partial charge in [-0.2, -0.15) is 0 Å². The lowest BCUT2D eigenvalue weighted by Crippen LogP contribution is -2.53. The molecule has 4 unspecified atom stereocenters. The Labute approximate surface area is 128 Å². The predicted octanol–water partition coefficient (Wildman–Crippen LogP) is 1.55. The molecule has 0 amide bonds. The molecular formula is C16H30N2O3. The Morgan fingerprint density at radius 3 is 2.95 bits per heavy atom. The maximum Gasteiger partial charge on any atom is 0.326 e. The second-order valence-electron chi connectivity index (χ2n) is 6.61. The molecule has 0 aromatic rings. The second kappa shape index (κ2) is 7.07. The van der Waals surface area contributed by atoms with Crippen molar-refractivity contribution in [1.82, 2.24) is 4.90 Å². The van der Waals surface area contributed by atoms with Crippen molar-refractivity contribution in [1.29, 1.82) is 0 Å². The van der Waals surface area contributed by atoms with Crippen molar-refractivity contribution < 1.29 is 14.3 Å². The van der Waals surface area contributed by atoms with Crippen molar-refractivity contribution in [3.63, 3.8) is 0 Å². The number of hydrogen-bond donors (Lipinski definition) is 1. The van der Waals surface area contributed by atoms with Gasteiger partial charge in [0, 0.05) is 12.6 Å². The van der Waals surface area contributed by atoms with Gasteiger partial charge in [-0.05, 0) is 45.1 Å². The summed E-state index contributed by atoms with van der Waals surface area (Å²) >= 11 is 0. The van der Waals surface area contributed by atoms with E-state index in [1.807, 2.05) is 0 Å². The molecule has 0 spiro atoms. The minimum atomic E-state index is -0.769. The smallest absolute Gasteiger partial charge is 0.326 e. The normalized spacial score (nSPS) is 37.6. The first kappa shape index (κ1) is 16.7. The average Bonchev–Trinajstić information content (AvgIpc) is 2.86. The topological polar surface area (TPSA) is 64.8 Å². The van der Waals surface area contributed by atoms with Gasteiger partial charge in [0.05, 0.1) is 19.8 Å². The van der Waals surface area contributed by atoms with E-state index in [0.29, 0.717) is 12.1 Å². The Kier molecular flexibility index (Phi) is 5.63. The molecule has 2 fully saturated rings. The van der Waals surface area contributed by atoms with Crippen LogP contribution in [0.2, 0.25) is 0 Å². The fourth-order valence-corrected chi connectivity index (χ4v) is 3.85. The zero-order valence-electron chi connectivity index (χ0n) is 13.6. The standard InChI is InChI=1S/C16H30N2O3/c1-4-14-11-21-12(2)10-18(14)9-7-13-6-5-8-16(13,17)15(19)20-3/h12-14H,4-11,17H2,1-3H3. The number of hydrogen-bond acceptors (Lipinski definition) is 5. The third-order valence-corrected chi connectivity index (χ3v) is 5.25. The fraction of sp³-hybridized carbons (Fsp3) is 0.938. The van der Waals surface area contributed by atoms with Gasteiger partial charge in [0.2, 0.25) is 0 Å². The summed E-state index contributed by atoms with van der Waals surface area (Å²) in [5.74, 6) is -0.00649. The molecule has 0 bridgehead atoms. The van der Waals surface area contributed by atoms with Crippen LogP contribution in [0, 0.1) is 5.92 Å². The summed E-state index contributed by atoms with van der Waals surface area (Å²) < 4.78 is 10.7. The molecule has 5 nitrogen and oxygen atoms in total. The summed E-state index contributed by atoms with van der Waals surface area (Å²) in [5, 5.41) is 0. The molecule has 0 aromatic heterocycles. The highest BCUT2D eigenvalue weighted by molar-refractivity contribution is 5.81. The van der Waals surface area contributed by atoms with Gasteiger partial charge >= 0.3 is 5.97 Å². The van der Waals surface area contributed by atoms with E-state index < -0.39 is 5.54 Å². The lowest BCUT2D eigenvalue weighted by Gasteiger charge is -2.39. The maximum absolute atomic E-state index is 12.0. The van der Waals surface area contributed by atoms with Gasteiger partial charge in [-0.1, -0.05) is 13.3 Å². The van der Waals surface area contributed by atoms with Crippen molar-refractivity contribution in [3.8, 4) is 0 Å². The summed E-state index contributed by atoms with van der Waals surface area (Å²) in [6, 6.07) is 0.493. The fourth-order valence-electron chi connectivity index (χ4n) is 3.85. The first-order chi connectivity index (χ1) is 10.0. The van der Waals surface area contributed by atoms with E-state index in [4.69, 9.17) is 15.2 Å². The van der Waals surface area contributed by atoms with Gasteiger partial charge in [0.25, 0.3) is 0 Å². The number of ether oxygens (including phenoxy) is 2. The van der Waals surface area contributed by atoms with Gasteiger partial charge in [0.1, 0.15) is 5.54 Å². The van der Waals surface area contributed by atoms with Crippen molar-refractivity contribution in [3.05, 3.63) is 0 Å². The highest BCUT2D eigenvalue weighted by atomic mass is 16.5. The van der Waals surface area contributed by atoms with E-state index in [0.717, 1.165) is 51.8 Å². The average molecular weight is 298 g/mol. The van der Waals surface area contributed by atoms with Crippen LogP contribution in [0.1, 0.15) is 46.0 Å². The minimum Gasteiger partial charge on any atom is -0.468 e. The molecule has 1 heterocycles. The largest absolute Gasteiger partial charge is 0.468 e. The Morgan fingerprint density at radius 1 is 1.52 bits per heavy atom. The van der Waals surface area contributed by atoms with E-state index in [1.165, 1.54) is 7.11 Å². The molecule has 1 aliphatic heterocycles. The number of morpholine rings is 1. The van der Waals surface area contributed by atoms with Gasteiger partial charge < -0.3 is 15.2 Å². The van der Waals surface area contributed by atoms with Gasteiger partial charge in [0.15, 0.2) is 0 Å². The molecule has 122 valence electrons. The van der Waals surface area contributed by atoms with E-state index in [-0.39, 0.29) is 11.9 Å². The number of nitrogens with zero attached hydrogens (tertiary/aromatic N) is 1. The molecular weight excluding hydrogens is 268 g/mol. The van der Waals surface area contributed by atoms with Crippen LogP contribution in [0.25, 0.3) is 0 Å². The summed E-state index contributed by atoms with van der Waals surface area (Å²) in [5.41, 5.74) is 5.58. The van der Waals surface area contributed by atoms with Crippen LogP contribution in [0.5, 0.6) is 0 Å². The van der Waals surface area contributed by atoms with Crippen molar-refractivity contribution in [2.24, 2.45) is 11.7 Å². The number of esters is 1. The zero-order valence-corrected chi connectivity index (χ0v) is 13.6. The van der Waals surface area contributed by atoms with Crippen LogP contribution in [0.4, 0.5) is 0 Å². The molecule has 1 aliphatic carbocycles. The molecule has 2 aliphatic rings. The van der Waals surface area contributed by atoms with Crippen molar-refractivity contribution in [2.75, 3.05) is 26.8 Å². The van der Waals surface area contributed by atoms with E-state index in [2.05, 4.69) is 18.7 Å². The Morgan fingerprint density at radius 2 is 2.29 bits per heavy atom. The van der Waals surface area contributed by atoms with Crippen LogP contribution in [-0.4, -0.2) is 55.4 Å². The molecule has 1 saturated heterocycles. The number of methoxy groups -OCH3 is 1. The number of rotatable bonds is 5. The molecule has 5 heteroatoms. The van der Waals surface area contributed by atoms with Crippen LogP contribution in [0.3, 0.4) is 0 Å². The lowest BCUT2D eigenvalue weighted by molar-refractivity contribution is -0.148. The van der Waals surface area contributed by atoms with Crippen LogP contribution in [0.15, 0.2) is 0 Å². The highest BCUT2D eigenvalue weighted by Crippen LogP contribution is 2.37. The molecule has 2 rings (SSSR count). The number of nitrogens with two attached hydrogens (primary N) is 1. The van der Waals surface area contributed by atoms with Crippen molar-refractivity contribution in [2.45, 2.75) is 63.6 Å². The van der Waals surface area contributed by atoms with E-state index >= 15 is 0 Å². The van der Waals surface area contributed by atoms with Crippen LogP contribution >= 0.6 is 0 Å². The molecule has 0 radical (unpaired) electrons. The summed E-state index contributed by atoms with van der Waals surface area (Å²) in [6.07, 6.45) is 5.16. The molecule has 0 aromatic carbocycles. The van der Waals surface area contributed by atoms with Crippen LogP contribution in [-0.2, 0) is 14.3 Å². The van der Waals surface area contributed by atoms with E-state index in [9.17, 15) is 4.79 Å². The Hall–Kier alpha value is -0.650. The molecule has 1 saturated carbocycles. The maximum atomic E-state index is 12.0. The van der Waals surface area contributed by atoms with Crippen molar-refractivity contribution >= 4 is 5.97 Å². The molecule has 21 heavy (non-hydrogen) atoms. The SMILES string of the molecule is CCC1COC(C)CN1CCC1CCCC1(N)C(=O)OC. The molecule has 2 N–H and O–H groups in total. The Bertz CT molecular complexity index is 363. The van der Waals surface area contributed by atoms with Gasteiger partial charge in [-0.3, -0.25) is 9.69 Å². The minimum absolute atomic E-state index is 0.237. The highest BCUT2D eigenvalue weighted by Gasteiger charge is 2.46. The first-order valence-corrected chi connectivity index (χ1v) is 8.24.